The van der Waals surface area contributed by atoms with Crippen molar-refractivity contribution in [1.82, 2.24) is 19.7 Å². The lowest BCUT2D eigenvalue weighted by atomic mass is 9.83. The first-order chi connectivity index (χ1) is 14.7. The minimum Gasteiger partial charge on any atom is -0.422 e. The van der Waals surface area contributed by atoms with Crippen LogP contribution in [0.25, 0.3) is 16.9 Å². The molecule has 0 saturated carbocycles. The van der Waals surface area contributed by atoms with Gasteiger partial charge in [0.05, 0.1) is 17.8 Å². The van der Waals surface area contributed by atoms with Crippen LogP contribution in [-0.2, 0) is 0 Å². The van der Waals surface area contributed by atoms with E-state index in [0.717, 1.165) is 32.5 Å². The van der Waals surface area contributed by atoms with Gasteiger partial charge in [-0.05, 0) is 29.8 Å². The summed E-state index contributed by atoms with van der Waals surface area (Å²) in [5.41, 5.74) is 10.8. The molecule has 30 heavy (non-hydrogen) atoms. The molecule has 0 spiro atoms. The summed E-state index contributed by atoms with van der Waals surface area (Å²) in [6, 6.07) is 18.0. The molecule has 0 fully saturated rings. The summed E-state index contributed by atoms with van der Waals surface area (Å²) >= 11 is 3.46. The highest BCUT2D eigenvalue weighted by Crippen LogP contribution is 2.45. The quantitative estimate of drug-likeness (QED) is 0.477. The molecule has 0 saturated heterocycles. The third kappa shape index (κ3) is 2.96. The lowest BCUT2D eigenvalue weighted by Crippen LogP contribution is -2.21. The van der Waals surface area contributed by atoms with Gasteiger partial charge in [0.15, 0.2) is 0 Å². The monoisotopic (exact) mass is 458 g/mol. The van der Waals surface area contributed by atoms with E-state index in [1.54, 1.807) is 12.5 Å². The molecule has 2 aromatic heterocycles. The Morgan fingerprint density at radius 3 is 2.57 bits per heavy atom. The molecule has 3 N–H and O–H groups in total. The zero-order chi connectivity index (χ0) is 20.7. The number of fused-ring (bicyclic) bond motifs is 1. The maximum absolute atomic E-state index is 9.84. The number of H-pyrrole nitrogens is 1. The number of rotatable bonds is 3. The van der Waals surface area contributed by atoms with Crippen LogP contribution in [0, 0.1) is 11.3 Å². The highest BCUT2D eigenvalue weighted by atomic mass is 79.9. The van der Waals surface area contributed by atoms with Gasteiger partial charge in [0.25, 0.3) is 0 Å². The van der Waals surface area contributed by atoms with E-state index < -0.39 is 5.92 Å². The molecule has 0 amide bonds. The fraction of sp³-hybridized carbons (Fsp3) is 0.0455. The first-order valence-electron chi connectivity index (χ1n) is 9.16. The molecule has 146 valence electrons. The molecule has 3 heterocycles. The summed E-state index contributed by atoms with van der Waals surface area (Å²) in [7, 11) is 0. The summed E-state index contributed by atoms with van der Waals surface area (Å²) in [6.07, 6.45) is 5.34. The zero-order valence-electron chi connectivity index (χ0n) is 15.6. The van der Waals surface area contributed by atoms with Crippen LogP contribution in [0.1, 0.15) is 17.0 Å². The fourth-order valence-corrected chi connectivity index (χ4v) is 3.93. The molecule has 7 nitrogen and oxygen atoms in total. The normalized spacial score (nSPS) is 15.4. The standard InChI is InChI=1S/C22H15BrN6O/c23-15-5-1-14(2-6-15)20-19-18(17(11-24)21(25)30-22(19)28-27-20)13-3-7-16(8-4-13)29-10-9-26-12-29/h1-10,12,18H,25H2,(H,27,28). The topological polar surface area (TPSA) is 106 Å². The van der Waals surface area contributed by atoms with Crippen molar-refractivity contribution in [2.75, 3.05) is 0 Å². The lowest BCUT2D eigenvalue weighted by Gasteiger charge is -2.24. The van der Waals surface area contributed by atoms with Gasteiger partial charge < -0.3 is 15.0 Å². The minimum atomic E-state index is -0.395. The van der Waals surface area contributed by atoms with Crippen LogP contribution in [0.4, 0.5) is 0 Å². The van der Waals surface area contributed by atoms with E-state index in [-0.39, 0.29) is 5.88 Å². The van der Waals surface area contributed by atoms with Gasteiger partial charge in [0, 0.05) is 28.1 Å². The van der Waals surface area contributed by atoms with Crippen molar-refractivity contribution in [1.29, 1.82) is 5.26 Å². The molecule has 0 aliphatic carbocycles. The first kappa shape index (κ1) is 18.2. The Morgan fingerprint density at radius 2 is 1.90 bits per heavy atom. The van der Waals surface area contributed by atoms with Crippen molar-refractivity contribution in [3.8, 4) is 28.9 Å². The summed E-state index contributed by atoms with van der Waals surface area (Å²) in [5.74, 6) is 0.140. The van der Waals surface area contributed by atoms with Crippen molar-refractivity contribution < 1.29 is 4.74 Å². The molecule has 0 radical (unpaired) electrons. The number of aromatic nitrogens is 4. The Bertz CT molecular complexity index is 1280. The van der Waals surface area contributed by atoms with E-state index in [0.29, 0.717) is 11.5 Å². The average Bonchev–Trinajstić information content (AvgIpc) is 3.44. The van der Waals surface area contributed by atoms with Crippen molar-refractivity contribution in [2.45, 2.75) is 5.92 Å². The van der Waals surface area contributed by atoms with Crippen molar-refractivity contribution in [3.05, 3.63) is 94.3 Å². The van der Waals surface area contributed by atoms with Crippen LogP contribution in [0.3, 0.4) is 0 Å². The molecule has 1 unspecified atom stereocenters. The molecule has 2 aromatic carbocycles. The van der Waals surface area contributed by atoms with Crippen LogP contribution < -0.4 is 10.5 Å². The van der Waals surface area contributed by atoms with Crippen LogP contribution in [0.15, 0.2) is 83.2 Å². The van der Waals surface area contributed by atoms with E-state index in [2.05, 4.69) is 37.2 Å². The molecule has 8 heteroatoms. The molecule has 1 aliphatic heterocycles. The second-order valence-electron chi connectivity index (χ2n) is 6.81. The Balaban J connectivity index is 1.65. The second-order valence-corrected chi connectivity index (χ2v) is 7.72. The molecule has 1 aliphatic rings. The number of nitriles is 1. The molecule has 1 atom stereocenters. The number of imidazole rings is 1. The number of nitrogens with two attached hydrogens (primary N) is 1. The third-order valence-corrected chi connectivity index (χ3v) is 5.62. The summed E-state index contributed by atoms with van der Waals surface area (Å²) in [5, 5.41) is 17.2. The van der Waals surface area contributed by atoms with E-state index in [9.17, 15) is 5.26 Å². The number of hydrogen-bond donors (Lipinski definition) is 2. The van der Waals surface area contributed by atoms with Crippen LogP contribution in [-0.4, -0.2) is 19.7 Å². The average molecular weight is 459 g/mol. The zero-order valence-corrected chi connectivity index (χ0v) is 17.2. The van der Waals surface area contributed by atoms with E-state index in [1.807, 2.05) is 59.3 Å². The SMILES string of the molecule is N#CC1=C(N)Oc2[nH]nc(-c3ccc(Br)cc3)c2C1c1ccc(-n2ccnc2)cc1. The number of ether oxygens (including phenoxy) is 1. The van der Waals surface area contributed by atoms with Gasteiger partial charge in [0.1, 0.15) is 17.3 Å². The van der Waals surface area contributed by atoms with Gasteiger partial charge in [-0.1, -0.05) is 40.2 Å². The highest BCUT2D eigenvalue weighted by molar-refractivity contribution is 9.10. The van der Waals surface area contributed by atoms with E-state index >= 15 is 0 Å². The van der Waals surface area contributed by atoms with E-state index in [4.69, 9.17) is 10.5 Å². The number of nitrogens with one attached hydrogen (secondary N) is 1. The lowest BCUT2D eigenvalue weighted by molar-refractivity contribution is 0.379. The maximum Gasteiger partial charge on any atom is 0.222 e. The van der Waals surface area contributed by atoms with Gasteiger partial charge >= 0.3 is 0 Å². The number of hydrogen-bond acceptors (Lipinski definition) is 5. The number of benzene rings is 2. The van der Waals surface area contributed by atoms with Gasteiger partial charge in [-0.3, -0.25) is 0 Å². The van der Waals surface area contributed by atoms with Crippen molar-refractivity contribution >= 4 is 15.9 Å². The Kier molecular flexibility index (Phi) is 4.38. The molecular weight excluding hydrogens is 444 g/mol. The number of allylic oxidation sites excluding steroid dienone is 1. The number of aromatic amines is 1. The molecule has 4 aromatic rings. The number of halogens is 1. The first-order valence-corrected chi connectivity index (χ1v) is 9.95. The highest BCUT2D eigenvalue weighted by Gasteiger charge is 2.35. The second kappa shape index (κ2) is 7.21. The van der Waals surface area contributed by atoms with Crippen LogP contribution in [0.5, 0.6) is 5.88 Å². The maximum atomic E-state index is 9.84. The Morgan fingerprint density at radius 1 is 1.13 bits per heavy atom. The minimum absolute atomic E-state index is 0.0830. The third-order valence-electron chi connectivity index (χ3n) is 5.09. The Labute approximate surface area is 180 Å². The Hall–Kier alpha value is -3.83. The van der Waals surface area contributed by atoms with Crippen molar-refractivity contribution in [3.63, 3.8) is 0 Å². The molecule has 5 rings (SSSR count). The summed E-state index contributed by atoms with van der Waals surface area (Å²) in [6.45, 7) is 0. The molecule has 0 bridgehead atoms. The number of nitrogens with zero attached hydrogens (tertiary/aromatic N) is 4. The largest absolute Gasteiger partial charge is 0.422 e. The van der Waals surface area contributed by atoms with Gasteiger partial charge in [-0.15, -0.1) is 0 Å². The fourth-order valence-electron chi connectivity index (χ4n) is 3.66. The predicted molar refractivity (Wildman–Crippen MR) is 115 cm³/mol. The van der Waals surface area contributed by atoms with Crippen LogP contribution in [0.2, 0.25) is 0 Å². The summed E-state index contributed by atoms with van der Waals surface area (Å²) < 4.78 is 8.58. The van der Waals surface area contributed by atoms with Gasteiger partial charge in [-0.25, -0.2) is 10.1 Å². The molecular formula is C22H15BrN6O. The smallest absolute Gasteiger partial charge is 0.222 e. The van der Waals surface area contributed by atoms with Gasteiger partial charge in [0.2, 0.25) is 11.8 Å². The van der Waals surface area contributed by atoms with Crippen LogP contribution >= 0.6 is 15.9 Å². The van der Waals surface area contributed by atoms with Gasteiger partial charge in [-0.2, -0.15) is 10.4 Å². The van der Waals surface area contributed by atoms with E-state index in [1.165, 1.54) is 0 Å². The summed E-state index contributed by atoms with van der Waals surface area (Å²) in [4.78, 5) is 4.08. The van der Waals surface area contributed by atoms with Crippen molar-refractivity contribution in [2.24, 2.45) is 5.73 Å². The predicted octanol–water partition coefficient (Wildman–Crippen LogP) is 4.24.